The first-order chi connectivity index (χ1) is 14.5. The number of rotatable bonds is 9. The lowest BCUT2D eigenvalue weighted by Crippen LogP contribution is -2.36. The van der Waals surface area contributed by atoms with Gasteiger partial charge in [-0.3, -0.25) is 9.59 Å². The Morgan fingerprint density at radius 1 is 0.833 bits per heavy atom. The summed E-state index contributed by atoms with van der Waals surface area (Å²) in [5.74, 6) is -2.02. The molecule has 0 saturated carbocycles. The maximum Gasteiger partial charge on any atom is 0.171 e. The maximum absolute atomic E-state index is 13.5. The van der Waals surface area contributed by atoms with Crippen molar-refractivity contribution in [3.8, 4) is 0 Å². The highest BCUT2D eigenvalue weighted by atomic mass is 19.1. The number of hydrogen-bond donors (Lipinski definition) is 1. The Kier molecular flexibility index (Phi) is 7.12. The third-order valence-electron chi connectivity index (χ3n) is 5.21. The summed E-state index contributed by atoms with van der Waals surface area (Å²) in [7, 11) is 0. The molecule has 0 radical (unpaired) electrons. The minimum atomic E-state index is -0.664. The van der Waals surface area contributed by atoms with Gasteiger partial charge in [-0.25, -0.2) is 4.39 Å². The molecule has 0 saturated heterocycles. The molecule has 4 heteroatoms. The summed E-state index contributed by atoms with van der Waals surface area (Å²) in [5, 5.41) is 3.31. The summed E-state index contributed by atoms with van der Waals surface area (Å²) < 4.78 is 13.4. The van der Waals surface area contributed by atoms with E-state index in [1.54, 1.807) is 0 Å². The molecule has 0 aromatic heterocycles. The molecule has 2 unspecified atom stereocenters. The predicted molar refractivity (Wildman–Crippen MR) is 118 cm³/mol. The summed E-state index contributed by atoms with van der Waals surface area (Å²) in [6.45, 7) is 4.03. The molecule has 0 spiro atoms. The van der Waals surface area contributed by atoms with Crippen molar-refractivity contribution < 1.29 is 14.0 Å². The molecule has 0 bridgehead atoms. The Labute approximate surface area is 177 Å². The van der Waals surface area contributed by atoms with Gasteiger partial charge in [-0.1, -0.05) is 62.4 Å². The molecule has 2 atom stereocenters. The molecule has 0 aliphatic rings. The van der Waals surface area contributed by atoms with Gasteiger partial charge in [0.15, 0.2) is 5.78 Å². The van der Waals surface area contributed by atoms with Gasteiger partial charge in [0.1, 0.15) is 11.6 Å². The van der Waals surface area contributed by atoms with E-state index in [9.17, 15) is 14.0 Å². The van der Waals surface area contributed by atoms with Crippen LogP contribution in [-0.2, 0) is 4.79 Å². The van der Waals surface area contributed by atoms with Gasteiger partial charge >= 0.3 is 0 Å². The second kappa shape index (κ2) is 9.97. The van der Waals surface area contributed by atoms with Crippen LogP contribution in [0.1, 0.15) is 35.7 Å². The summed E-state index contributed by atoms with van der Waals surface area (Å²) in [4.78, 5) is 26.8. The van der Waals surface area contributed by atoms with E-state index in [1.165, 1.54) is 24.3 Å². The van der Waals surface area contributed by atoms with E-state index in [2.05, 4.69) is 5.32 Å². The van der Waals surface area contributed by atoms with Gasteiger partial charge in [0.2, 0.25) is 0 Å². The molecule has 30 heavy (non-hydrogen) atoms. The molecule has 0 amide bonds. The molecule has 0 aliphatic heterocycles. The Morgan fingerprint density at radius 3 is 1.97 bits per heavy atom. The second-order valence-corrected chi connectivity index (χ2v) is 7.67. The van der Waals surface area contributed by atoms with Crippen molar-refractivity contribution in [1.29, 1.82) is 0 Å². The molecule has 1 N–H and O–H groups in total. The van der Waals surface area contributed by atoms with Crippen molar-refractivity contribution in [2.45, 2.75) is 19.8 Å². The van der Waals surface area contributed by atoms with Crippen molar-refractivity contribution in [1.82, 2.24) is 0 Å². The van der Waals surface area contributed by atoms with Gasteiger partial charge in [-0.2, -0.15) is 0 Å². The van der Waals surface area contributed by atoms with E-state index in [1.807, 2.05) is 74.5 Å². The second-order valence-electron chi connectivity index (χ2n) is 7.67. The zero-order valence-corrected chi connectivity index (χ0v) is 17.2. The Balaban J connectivity index is 2.00. The van der Waals surface area contributed by atoms with Crippen LogP contribution in [0.15, 0.2) is 84.9 Å². The highest BCUT2D eigenvalue weighted by Crippen LogP contribution is 2.32. The molecule has 154 valence electrons. The lowest BCUT2D eigenvalue weighted by Gasteiger charge is -2.28. The van der Waals surface area contributed by atoms with Crippen LogP contribution in [0.2, 0.25) is 0 Å². The summed E-state index contributed by atoms with van der Waals surface area (Å²) >= 11 is 0. The fraction of sp³-hybridized carbons (Fsp3) is 0.231. The SMILES string of the molecule is CC(C)C(=O)C(CNc1ccccc1)C(C(=O)c1ccc(F)cc1)c1ccccc1. The number of ketones is 2. The summed E-state index contributed by atoms with van der Waals surface area (Å²) in [6, 6.07) is 24.5. The van der Waals surface area contributed by atoms with Crippen molar-refractivity contribution in [2.75, 3.05) is 11.9 Å². The number of nitrogens with one attached hydrogen (secondary N) is 1. The van der Waals surface area contributed by atoms with E-state index in [-0.39, 0.29) is 17.5 Å². The third kappa shape index (κ3) is 5.20. The van der Waals surface area contributed by atoms with E-state index in [0.29, 0.717) is 12.1 Å². The van der Waals surface area contributed by atoms with Gasteiger partial charge in [0.25, 0.3) is 0 Å². The highest BCUT2D eigenvalue weighted by Gasteiger charge is 2.36. The number of halogens is 1. The normalized spacial score (nSPS) is 12.9. The van der Waals surface area contributed by atoms with E-state index in [0.717, 1.165) is 11.3 Å². The smallest absolute Gasteiger partial charge is 0.171 e. The Hall–Kier alpha value is -3.27. The minimum absolute atomic E-state index is 0.0164. The quantitative estimate of drug-likeness (QED) is 0.463. The van der Waals surface area contributed by atoms with Crippen LogP contribution < -0.4 is 5.32 Å². The standard InChI is InChI=1S/C26H26FNO2/c1-18(2)25(29)23(17-28-22-11-7-4-8-12-22)24(19-9-5-3-6-10-19)26(30)20-13-15-21(27)16-14-20/h3-16,18,23-24,28H,17H2,1-2H3. The monoisotopic (exact) mass is 403 g/mol. The molecule has 0 aliphatic carbocycles. The van der Waals surface area contributed by atoms with Crippen molar-refractivity contribution >= 4 is 17.3 Å². The average molecular weight is 403 g/mol. The summed E-state index contributed by atoms with van der Waals surface area (Å²) in [6.07, 6.45) is 0. The van der Waals surface area contributed by atoms with Crippen LogP contribution in [0.3, 0.4) is 0 Å². The van der Waals surface area contributed by atoms with Crippen LogP contribution in [0.25, 0.3) is 0 Å². The number of hydrogen-bond acceptors (Lipinski definition) is 3. The van der Waals surface area contributed by atoms with Gasteiger partial charge in [0.05, 0.1) is 5.92 Å². The van der Waals surface area contributed by atoms with E-state index < -0.39 is 17.7 Å². The Morgan fingerprint density at radius 2 is 1.40 bits per heavy atom. The number of Topliss-reactive ketones (excluding diaryl/α,β-unsaturated/α-hetero) is 2. The van der Waals surface area contributed by atoms with Crippen LogP contribution in [0.4, 0.5) is 10.1 Å². The average Bonchev–Trinajstić information content (AvgIpc) is 2.77. The Bertz CT molecular complexity index is 969. The van der Waals surface area contributed by atoms with Crippen molar-refractivity contribution in [3.05, 3.63) is 102 Å². The fourth-order valence-corrected chi connectivity index (χ4v) is 3.62. The zero-order valence-electron chi connectivity index (χ0n) is 17.2. The number of benzene rings is 3. The van der Waals surface area contributed by atoms with Gasteiger partial charge in [-0.15, -0.1) is 0 Å². The minimum Gasteiger partial charge on any atom is -0.384 e. The predicted octanol–water partition coefficient (Wildman–Crippen LogP) is 5.75. The molecule has 3 nitrogen and oxygen atoms in total. The maximum atomic E-state index is 13.5. The molecular weight excluding hydrogens is 377 g/mol. The first-order valence-corrected chi connectivity index (χ1v) is 10.1. The van der Waals surface area contributed by atoms with Crippen LogP contribution in [-0.4, -0.2) is 18.1 Å². The lowest BCUT2D eigenvalue weighted by molar-refractivity contribution is -0.125. The number of carbonyl (C=O) groups is 2. The first kappa shape index (κ1) is 21.4. The molecule has 3 aromatic rings. The van der Waals surface area contributed by atoms with Crippen molar-refractivity contribution in [3.63, 3.8) is 0 Å². The summed E-state index contributed by atoms with van der Waals surface area (Å²) in [5.41, 5.74) is 2.06. The first-order valence-electron chi connectivity index (χ1n) is 10.1. The molecular formula is C26H26FNO2. The van der Waals surface area contributed by atoms with Crippen LogP contribution >= 0.6 is 0 Å². The molecule has 3 aromatic carbocycles. The van der Waals surface area contributed by atoms with E-state index >= 15 is 0 Å². The lowest BCUT2D eigenvalue weighted by atomic mass is 9.76. The van der Waals surface area contributed by atoms with Crippen LogP contribution in [0, 0.1) is 17.7 Å². The molecule has 0 fully saturated rings. The topological polar surface area (TPSA) is 46.2 Å². The molecule has 3 rings (SSSR count). The largest absolute Gasteiger partial charge is 0.384 e. The highest BCUT2D eigenvalue weighted by molar-refractivity contribution is 6.04. The van der Waals surface area contributed by atoms with Gasteiger partial charge in [-0.05, 0) is 42.0 Å². The fourth-order valence-electron chi connectivity index (χ4n) is 3.62. The molecule has 0 heterocycles. The number of anilines is 1. The van der Waals surface area contributed by atoms with E-state index in [4.69, 9.17) is 0 Å². The zero-order chi connectivity index (χ0) is 21.5. The number of carbonyl (C=O) groups excluding carboxylic acids is 2. The van der Waals surface area contributed by atoms with Gasteiger partial charge in [0, 0.05) is 29.6 Å². The van der Waals surface area contributed by atoms with Crippen molar-refractivity contribution in [2.24, 2.45) is 11.8 Å². The van der Waals surface area contributed by atoms with Gasteiger partial charge < -0.3 is 5.32 Å². The van der Waals surface area contributed by atoms with Crippen LogP contribution in [0.5, 0.6) is 0 Å². The number of para-hydroxylation sites is 1. The third-order valence-corrected chi connectivity index (χ3v) is 5.21.